The zero-order chi connectivity index (χ0) is 15.6. The number of carbonyl (C=O) groups excluding carboxylic acids is 1. The van der Waals surface area contributed by atoms with Crippen LogP contribution in [0.1, 0.15) is 26.2 Å². The third kappa shape index (κ3) is 3.19. The van der Waals surface area contributed by atoms with Gasteiger partial charge in [-0.15, -0.1) is 0 Å². The van der Waals surface area contributed by atoms with Crippen molar-refractivity contribution in [1.29, 1.82) is 0 Å². The maximum absolute atomic E-state index is 12.1. The third-order valence-corrected chi connectivity index (χ3v) is 5.18. The molecule has 1 aromatic rings. The Labute approximate surface area is 125 Å². The number of rotatable bonds is 5. The molecule has 1 unspecified atom stereocenters. The lowest BCUT2D eigenvalue weighted by Crippen LogP contribution is -2.37. The van der Waals surface area contributed by atoms with Crippen molar-refractivity contribution in [2.75, 3.05) is 19.4 Å². The van der Waals surface area contributed by atoms with E-state index in [1.54, 1.807) is 6.07 Å². The first-order valence-electron chi connectivity index (χ1n) is 6.90. The number of nitrogens with zero attached hydrogens (tertiary/aromatic N) is 1. The van der Waals surface area contributed by atoms with Crippen molar-refractivity contribution in [3.05, 3.63) is 18.2 Å². The van der Waals surface area contributed by atoms with E-state index >= 15 is 0 Å². The van der Waals surface area contributed by atoms with Crippen LogP contribution in [0.15, 0.2) is 23.1 Å². The van der Waals surface area contributed by atoms with E-state index in [-0.39, 0.29) is 10.8 Å². The van der Waals surface area contributed by atoms with Gasteiger partial charge in [0, 0.05) is 14.1 Å². The molecule has 0 saturated heterocycles. The Morgan fingerprint density at radius 2 is 2.05 bits per heavy atom. The maximum atomic E-state index is 12.1. The number of ether oxygens (including phenoxy) is 1. The van der Waals surface area contributed by atoms with Gasteiger partial charge in [-0.25, -0.2) is 12.7 Å². The van der Waals surface area contributed by atoms with Gasteiger partial charge >= 0.3 is 0 Å². The van der Waals surface area contributed by atoms with Gasteiger partial charge in [0.15, 0.2) is 6.10 Å². The van der Waals surface area contributed by atoms with Crippen molar-refractivity contribution in [2.45, 2.75) is 37.2 Å². The van der Waals surface area contributed by atoms with Crippen LogP contribution in [0.5, 0.6) is 5.75 Å². The van der Waals surface area contributed by atoms with Gasteiger partial charge in [-0.1, -0.05) is 13.3 Å². The SMILES string of the molecule is CCCCC1Oc2ccc(S(=O)(=O)N(C)C)cc2NC1=O. The van der Waals surface area contributed by atoms with E-state index in [0.29, 0.717) is 17.9 Å². The smallest absolute Gasteiger partial charge is 0.265 e. The van der Waals surface area contributed by atoms with Crippen molar-refractivity contribution in [1.82, 2.24) is 4.31 Å². The van der Waals surface area contributed by atoms with Crippen molar-refractivity contribution < 1.29 is 17.9 Å². The molecule has 0 aliphatic carbocycles. The number of hydrogen-bond acceptors (Lipinski definition) is 4. The van der Waals surface area contributed by atoms with Crippen LogP contribution in [0, 0.1) is 0 Å². The van der Waals surface area contributed by atoms with E-state index in [1.807, 2.05) is 6.92 Å². The summed E-state index contributed by atoms with van der Waals surface area (Å²) in [7, 11) is -0.603. The van der Waals surface area contributed by atoms with Crippen LogP contribution in [0.4, 0.5) is 5.69 Å². The highest BCUT2D eigenvalue weighted by Gasteiger charge is 2.28. The van der Waals surface area contributed by atoms with E-state index in [9.17, 15) is 13.2 Å². The Morgan fingerprint density at radius 1 is 1.33 bits per heavy atom. The summed E-state index contributed by atoms with van der Waals surface area (Å²) in [5.41, 5.74) is 0.399. The number of amides is 1. The molecule has 21 heavy (non-hydrogen) atoms. The molecule has 116 valence electrons. The lowest BCUT2D eigenvalue weighted by Gasteiger charge is -2.26. The third-order valence-electron chi connectivity index (χ3n) is 3.37. The number of carbonyl (C=O) groups is 1. The minimum absolute atomic E-state index is 0.127. The summed E-state index contributed by atoms with van der Waals surface area (Å²) in [6.45, 7) is 2.05. The second-order valence-electron chi connectivity index (χ2n) is 5.18. The highest BCUT2D eigenvalue weighted by atomic mass is 32.2. The van der Waals surface area contributed by atoms with Gasteiger partial charge in [-0.05, 0) is 31.0 Å². The van der Waals surface area contributed by atoms with Crippen LogP contribution in [-0.2, 0) is 14.8 Å². The molecular formula is C14H20N2O4S. The largest absolute Gasteiger partial charge is 0.478 e. The summed E-state index contributed by atoms with van der Waals surface area (Å²) in [6.07, 6.45) is 2.04. The predicted molar refractivity (Wildman–Crippen MR) is 79.9 cm³/mol. The number of unbranched alkanes of at least 4 members (excludes halogenated alkanes) is 1. The highest BCUT2D eigenvalue weighted by molar-refractivity contribution is 7.89. The van der Waals surface area contributed by atoms with E-state index < -0.39 is 16.1 Å². The molecule has 1 aliphatic rings. The highest BCUT2D eigenvalue weighted by Crippen LogP contribution is 2.33. The molecule has 6 nitrogen and oxygen atoms in total. The minimum atomic E-state index is -3.53. The average molecular weight is 312 g/mol. The molecule has 1 aromatic carbocycles. The number of fused-ring (bicyclic) bond motifs is 1. The second kappa shape index (κ2) is 6.03. The molecule has 0 radical (unpaired) electrons. The number of hydrogen-bond donors (Lipinski definition) is 1. The molecule has 1 aliphatic heterocycles. The van der Waals surface area contributed by atoms with Crippen LogP contribution < -0.4 is 10.1 Å². The van der Waals surface area contributed by atoms with Gasteiger partial charge < -0.3 is 10.1 Å². The van der Waals surface area contributed by atoms with Crippen LogP contribution >= 0.6 is 0 Å². The molecule has 0 saturated carbocycles. The Morgan fingerprint density at radius 3 is 2.67 bits per heavy atom. The number of sulfonamides is 1. The predicted octanol–water partition coefficient (Wildman–Crippen LogP) is 1.83. The summed E-state index contributed by atoms with van der Waals surface area (Å²) >= 11 is 0. The van der Waals surface area contributed by atoms with Gasteiger partial charge in [0.2, 0.25) is 10.0 Å². The van der Waals surface area contributed by atoms with Crippen LogP contribution in [0.2, 0.25) is 0 Å². The molecule has 1 amide bonds. The molecule has 1 atom stereocenters. The van der Waals surface area contributed by atoms with Crippen molar-refractivity contribution in [2.24, 2.45) is 0 Å². The summed E-state index contributed by atoms with van der Waals surface area (Å²) in [5.74, 6) is 0.281. The van der Waals surface area contributed by atoms with Gasteiger partial charge in [0.05, 0.1) is 10.6 Å². The average Bonchev–Trinajstić information content (AvgIpc) is 2.44. The summed E-state index contributed by atoms with van der Waals surface area (Å²) in [4.78, 5) is 12.1. The zero-order valence-electron chi connectivity index (χ0n) is 12.4. The first-order valence-corrected chi connectivity index (χ1v) is 8.34. The van der Waals surface area contributed by atoms with Crippen molar-refractivity contribution in [3.63, 3.8) is 0 Å². The monoisotopic (exact) mass is 312 g/mol. The first-order chi connectivity index (χ1) is 9.86. The summed E-state index contributed by atoms with van der Waals surface area (Å²) in [6, 6.07) is 4.51. The van der Waals surface area contributed by atoms with Crippen molar-refractivity contribution >= 4 is 21.6 Å². The Bertz CT molecular complexity index is 640. The van der Waals surface area contributed by atoms with Crippen LogP contribution in [-0.4, -0.2) is 38.8 Å². The van der Waals surface area contributed by atoms with Crippen LogP contribution in [0.25, 0.3) is 0 Å². The first kappa shape index (κ1) is 15.8. The lowest BCUT2D eigenvalue weighted by molar-refractivity contribution is -0.123. The Hall–Kier alpha value is -1.60. The molecule has 0 fully saturated rings. The van der Waals surface area contributed by atoms with E-state index in [0.717, 1.165) is 17.1 Å². The summed E-state index contributed by atoms with van der Waals surface area (Å²) < 4.78 is 30.9. The Balaban J connectivity index is 2.28. The van der Waals surface area contributed by atoms with Crippen LogP contribution in [0.3, 0.4) is 0 Å². The normalized spacial score (nSPS) is 18.1. The van der Waals surface area contributed by atoms with Gasteiger partial charge in [-0.3, -0.25) is 4.79 Å². The summed E-state index contributed by atoms with van der Waals surface area (Å²) in [5, 5.41) is 2.72. The number of nitrogens with one attached hydrogen (secondary N) is 1. The second-order valence-corrected chi connectivity index (χ2v) is 7.34. The molecule has 1 heterocycles. The topological polar surface area (TPSA) is 75.7 Å². The lowest BCUT2D eigenvalue weighted by atomic mass is 10.1. The molecule has 0 bridgehead atoms. The molecule has 1 N–H and O–H groups in total. The van der Waals surface area contributed by atoms with Gasteiger partial charge in [0.25, 0.3) is 5.91 Å². The van der Waals surface area contributed by atoms with Gasteiger partial charge in [0.1, 0.15) is 5.75 Å². The molecule has 0 spiro atoms. The van der Waals surface area contributed by atoms with Crippen molar-refractivity contribution in [3.8, 4) is 5.75 Å². The number of anilines is 1. The fourth-order valence-electron chi connectivity index (χ4n) is 2.08. The quantitative estimate of drug-likeness (QED) is 0.900. The van der Waals surface area contributed by atoms with Gasteiger partial charge in [-0.2, -0.15) is 0 Å². The molecule has 7 heteroatoms. The van der Waals surface area contributed by atoms with E-state index in [2.05, 4.69) is 5.32 Å². The molecular weight excluding hydrogens is 292 g/mol. The molecule has 2 rings (SSSR count). The minimum Gasteiger partial charge on any atom is -0.478 e. The maximum Gasteiger partial charge on any atom is 0.265 e. The van der Waals surface area contributed by atoms with E-state index in [4.69, 9.17) is 4.74 Å². The fraction of sp³-hybridized carbons (Fsp3) is 0.500. The molecule has 0 aromatic heterocycles. The number of benzene rings is 1. The zero-order valence-corrected chi connectivity index (χ0v) is 13.2. The standard InChI is InChI=1S/C14H20N2O4S/c1-4-5-6-13-14(17)15-11-9-10(7-8-12(11)20-13)21(18,19)16(2)3/h7-9,13H,4-6H2,1-3H3,(H,15,17). The van der Waals surface area contributed by atoms with E-state index in [1.165, 1.54) is 26.2 Å². The Kier molecular flexibility index (Phi) is 4.53. The fourth-order valence-corrected chi connectivity index (χ4v) is 3.01.